The number of oxime groups is 1. The molecule has 7 N–H and O–H groups in total. The molecule has 0 radical (unpaired) electrons. The summed E-state index contributed by atoms with van der Waals surface area (Å²) >= 11 is 0. The number of aromatic hydroxyl groups is 6. The lowest BCUT2D eigenvalue weighted by atomic mass is 10.1. The monoisotopic (exact) mass is 645 g/mol. The highest BCUT2D eigenvalue weighted by Crippen LogP contribution is 2.26. The molecule has 0 amide bonds. The number of carbonyl (C=O) groups excluding carboxylic acids is 2. The summed E-state index contributed by atoms with van der Waals surface area (Å²) in [4.78, 5) is 29.4. The van der Waals surface area contributed by atoms with Crippen molar-refractivity contribution < 1.29 is 54.3 Å². The van der Waals surface area contributed by atoms with Crippen LogP contribution in [0, 0.1) is 13.8 Å². The lowest BCUT2D eigenvalue weighted by molar-refractivity contribution is 0.101. The fourth-order valence-electron chi connectivity index (χ4n) is 3.95. The van der Waals surface area contributed by atoms with Crippen molar-refractivity contribution >= 4 is 40.0 Å². The minimum absolute atomic E-state index is 0.0259. The molecule has 2 aromatic heterocycles. The number of phenolic OH excluding ortho intramolecular Hbond substituents is 6. The average Bonchev–Trinajstić information content (AvgIpc) is 3.57. The highest BCUT2D eigenvalue weighted by molar-refractivity contribution is 6.00. The van der Waals surface area contributed by atoms with Gasteiger partial charge in [-0.25, -0.2) is 9.97 Å². The summed E-state index contributed by atoms with van der Waals surface area (Å²) in [5.74, 6) is 0.626. The van der Waals surface area contributed by atoms with E-state index in [1.54, 1.807) is 45.0 Å². The molecule has 0 aliphatic rings. The number of carbonyl (C=O) groups is 2. The van der Waals surface area contributed by atoms with Gasteiger partial charge in [0.05, 0.1) is 11.3 Å². The van der Waals surface area contributed by atoms with Crippen LogP contribution in [-0.2, 0) is 0 Å². The number of aldehydes is 1. The second-order valence-electron chi connectivity index (χ2n) is 9.73. The number of rotatable bonds is 3. The normalized spacial score (nSPS) is 10.6. The summed E-state index contributed by atoms with van der Waals surface area (Å²) in [6.07, 6.45) is 0.558. The summed E-state index contributed by atoms with van der Waals surface area (Å²) in [5, 5.41) is 65.8. The second-order valence-corrected chi connectivity index (χ2v) is 9.73. The van der Waals surface area contributed by atoms with Crippen LogP contribution in [0.25, 0.3) is 22.2 Å². The lowest BCUT2D eigenvalue weighted by Crippen LogP contribution is -1.94. The van der Waals surface area contributed by atoms with E-state index in [1.165, 1.54) is 43.3 Å². The van der Waals surface area contributed by atoms with E-state index in [-0.39, 0.29) is 51.4 Å². The Kier molecular flexibility index (Phi) is 11.5. The third kappa shape index (κ3) is 9.21. The van der Waals surface area contributed by atoms with Crippen molar-refractivity contribution in [3.63, 3.8) is 0 Å². The number of benzene rings is 4. The summed E-state index contributed by atoms with van der Waals surface area (Å²) in [5.41, 5.74) is 3.40. The lowest BCUT2D eigenvalue weighted by Gasteiger charge is -2.01. The zero-order valence-corrected chi connectivity index (χ0v) is 25.5. The summed E-state index contributed by atoms with van der Waals surface area (Å²) in [6, 6.07) is 15.8. The fraction of sp³-hybridized carbons (Fsp3) is 0.121. The van der Waals surface area contributed by atoms with Crippen LogP contribution >= 0.6 is 0 Å². The number of phenols is 6. The molecule has 2 heterocycles. The molecule has 6 aromatic rings. The zero-order chi connectivity index (χ0) is 34.8. The molecule has 6 rings (SSSR count). The van der Waals surface area contributed by atoms with Crippen LogP contribution in [0.2, 0.25) is 0 Å². The third-order valence-electron chi connectivity index (χ3n) is 6.16. The van der Waals surface area contributed by atoms with E-state index in [4.69, 9.17) is 34.5 Å². The number of oxazole rings is 2. The van der Waals surface area contributed by atoms with Gasteiger partial charge < -0.3 is 44.7 Å². The number of ketones is 1. The Labute approximate surface area is 266 Å². The molecule has 47 heavy (non-hydrogen) atoms. The fourth-order valence-corrected chi connectivity index (χ4v) is 3.95. The van der Waals surface area contributed by atoms with E-state index < -0.39 is 0 Å². The molecule has 14 nitrogen and oxygen atoms in total. The van der Waals surface area contributed by atoms with Gasteiger partial charge in [0.1, 0.15) is 51.1 Å². The van der Waals surface area contributed by atoms with Gasteiger partial charge >= 0.3 is 0 Å². The molecule has 0 saturated heterocycles. The van der Waals surface area contributed by atoms with Crippen molar-refractivity contribution in [1.82, 2.24) is 9.97 Å². The largest absolute Gasteiger partial charge is 0.508 e. The Bertz CT molecular complexity index is 2060. The molecule has 0 bridgehead atoms. The van der Waals surface area contributed by atoms with Gasteiger partial charge in [0.15, 0.2) is 35.0 Å². The molecule has 0 aliphatic carbocycles. The topological polar surface area (TPSA) is 240 Å². The van der Waals surface area contributed by atoms with Gasteiger partial charge in [0.25, 0.3) is 0 Å². The maximum absolute atomic E-state index is 10.7. The minimum Gasteiger partial charge on any atom is -0.508 e. The van der Waals surface area contributed by atoms with E-state index in [1.807, 2.05) is 0 Å². The van der Waals surface area contributed by atoms with E-state index in [9.17, 15) is 19.8 Å². The minimum atomic E-state index is -0.220. The van der Waals surface area contributed by atoms with Crippen LogP contribution in [0.3, 0.4) is 0 Å². The molecule has 0 unspecified atom stereocenters. The maximum atomic E-state index is 10.7. The van der Waals surface area contributed by atoms with E-state index in [2.05, 4.69) is 15.1 Å². The molecule has 0 atom stereocenters. The van der Waals surface area contributed by atoms with Crippen molar-refractivity contribution in [3.8, 4) is 34.5 Å². The van der Waals surface area contributed by atoms with Gasteiger partial charge in [-0.3, -0.25) is 9.59 Å². The zero-order valence-electron chi connectivity index (χ0n) is 25.5. The van der Waals surface area contributed by atoms with Crippen LogP contribution in [0.4, 0.5) is 0 Å². The molecule has 0 fully saturated rings. The van der Waals surface area contributed by atoms with E-state index in [0.717, 1.165) is 11.6 Å². The Morgan fingerprint density at radius 3 is 1.74 bits per heavy atom. The van der Waals surface area contributed by atoms with Crippen LogP contribution in [0.1, 0.15) is 51.9 Å². The smallest absolute Gasteiger partial charge is 0.192 e. The average molecular weight is 646 g/mol. The molecule has 0 spiro atoms. The Balaban J connectivity index is 0.000000171. The molecular formula is C33H31N3O11. The van der Waals surface area contributed by atoms with Gasteiger partial charge in [-0.2, -0.15) is 0 Å². The SMILES string of the molecule is C/C(=N\O)c1ccc(O)cc1O.CC(=O)c1ccc(O)cc1O.Cc1nc2ccc(O)c(C=O)c2o1.Cc1nc2ccc(O)cc2o1. The number of hydrogen-bond acceptors (Lipinski definition) is 14. The first-order chi connectivity index (χ1) is 22.2. The first-order valence-electron chi connectivity index (χ1n) is 13.6. The van der Waals surface area contributed by atoms with Gasteiger partial charge in [0, 0.05) is 37.6 Å². The number of fused-ring (bicyclic) bond motifs is 2. The number of Topliss-reactive ketones (excluding diaryl/α,β-unsaturated/α-hetero) is 1. The standard InChI is InChI=1S/C9H7NO3.C8H9NO3.C8H7NO2.C8H8O3/c1-5-10-7-2-3-8(12)6(4-11)9(7)13-5;1-5(9-12)7-3-2-6(10)4-8(7)11;1-5-9-7-3-2-6(10)4-8(7)11-5;1-5(9)7-3-2-6(10)4-8(7)11/h2-4,12H,1H3;2-4,10-12H,1H3;2-4,10H,1H3;2-4,10-11H,1H3/b;9-5+;;. The van der Waals surface area contributed by atoms with Gasteiger partial charge in [0.2, 0.25) is 0 Å². The maximum Gasteiger partial charge on any atom is 0.192 e. The number of aryl methyl sites for hydroxylation is 2. The summed E-state index contributed by atoms with van der Waals surface area (Å²) in [7, 11) is 0. The Morgan fingerprint density at radius 1 is 0.681 bits per heavy atom. The van der Waals surface area contributed by atoms with Crippen LogP contribution in [0.15, 0.2) is 80.7 Å². The van der Waals surface area contributed by atoms with Crippen molar-refractivity contribution in [3.05, 3.63) is 95.2 Å². The summed E-state index contributed by atoms with van der Waals surface area (Å²) < 4.78 is 10.3. The first kappa shape index (κ1) is 34.9. The third-order valence-corrected chi connectivity index (χ3v) is 6.16. The van der Waals surface area contributed by atoms with Crippen molar-refractivity contribution in [2.24, 2.45) is 5.16 Å². The van der Waals surface area contributed by atoms with Crippen LogP contribution in [0.5, 0.6) is 34.5 Å². The Morgan fingerprint density at radius 2 is 1.19 bits per heavy atom. The number of hydrogen-bond donors (Lipinski definition) is 7. The van der Waals surface area contributed by atoms with E-state index in [0.29, 0.717) is 46.0 Å². The van der Waals surface area contributed by atoms with Crippen molar-refractivity contribution in [2.45, 2.75) is 27.7 Å². The Hall–Kier alpha value is -6.57. The quantitative estimate of drug-likeness (QED) is 0.0379. The van der Waals surface area contributed by atoms with Crippen LogP contribution in [-0.4, -0.2) is 63.6 Å². The van der Waals surface area contributed by atoms with Gasteiger partial charge in [-0.15, -0.1) is 0 Å². The first-order valence-corrected chi connectivity index (χ1v) is 13.6. The molecule has 0 aliphatic heterocycles. The highest BCUT2D eigenvalue weighted by atomic mass is 16.4. The molecule has 0 saturated carbocycles. The predicted octanol–water partition coefficient (Wildman–Crippen LogP) is 6.09. The van der Waals surface area contributed by atoms with E-state index >= 15 is 0 Å². The molecular weight excluding hydrogens is 614 g/mol. The molecule has 4 aromatic carbocycles. The number of aromatic nitrogens is 2. The number of nitrogens with zero attached hydrogens (tertiary/aromatic N) is 3. The van der Waals surface area contributed by atoms with Gasteiger partial charge in [-0.05, 0) is 62.4 Å². The highest BCUT2D eigenvalue weighted by Gasteiger charge is 2.11. The van der Waals surface area contributed by atoms with Crippen molar-refractivity contribution in [1.29, 1.82) is 0 Å². The second kappa shape index (κ2) is 15.4. The van der Waals surface area contributed by atoms with Crippen molar-refractivity contribution in [2.75, 3.05) is 0 Å². The van der Waals surface area contributed by atoms with Crippen LogP contribution < -0.4 is 0 Å². The molecule has 244 valence electrons. The van der Waals surface area contributed by atoms with Gasteiger partial charge in [-0.1, -0.05) is 5.16 Å². The summed E-state index contributed by atoms with van der Waals surface area (Å²) in [6.45, 7) is 6.36. The molecule has 14 heteroatoms. The predicted molar refractivity (Wildman–Crippen MR) is 170 cm³/mol.